The summed E-state index contributed by atoms with van der Waals surface area (Å²) in [6, 6.07) is 0.563. The van der Waals surface area contributed by atoms with Gasteiger partial charge in [0.2, 0.25) is 0 Å². The van der Waals surface area contributed by atoms with Gasteiger partial charge in [-0.25, -0.2) is 0 Å². The van der Waals surface area contributed by atoms with E-state index < -0.39 is 5.97 Å². The Labute approximate surface area is 105 Å². The predicted molar refractivity (Wildman–Crippen MR) is 70.1 cm³/mol. The van der Waals surface area contributed by atoms with Gasteiger partial charge in [-0.2, -0.15) is 0 Å². The fourth-order valence-electron chi connectivity index (χ4n) is 2.63. The third-order valence-electron chi connectivity index (χ3n) is 3.57. The van der Waals surface area contributed by atoms with Crippen LogP contribution in [0.4, 0.5) is 0 Å². The maximum Gasteiger partial charge on any atom is 0.304 e. The van der Waals surface area contributed by atoms with E-state index in [4.69, 9.17) is 5.11 Å². The van der Waals surface area contributed by atoms with E-state index in [0.29, 0.717) is 12.6 Å². The lowest BCUT2D eigenvalue weighted by molar-refractivity contribution is -0.137. The lowest BCUT2D eigenvalue weighted by Crippen LogP contribution is -2.37. The molecule has 1 aliphatic rings. The second kappa shape index (κ2) is 8.29. The van der Waals surface area contributed by atoms with Gasteiger partial charge in [-0.1, -0.05) is 38.2 Å². The molecule has 0 saturated heterocycles. The number of hydrogen-bond donors (Lipinski definition) is 1. The van der Waals surface area contributed by atoms with Crippen LogP contribution in [0.15, 0.2) is 12.7 Å². The van der Waals surface area contributed by atoms with Crippen LogP contribution in [0, 0.1) is 0 Å². The summed E-state index contributed by atoms with van der Waals surface area (Å²) < 4.78 is 0. The molecule has 3 nitrogen and oxygen atoms in total. The average Bonchev–Trinajstić information content (AvgIpc) is 2.24. The summed E-state index contributed by atoms with van der Waals surface area (Å²) in [5.74, 6) is -0.704. The molecule has 0 unspecified atom stereocenters. The van der Waals surface area contributed by atoms with Crippen molar-refractivity contribution in [1.29, 1.82) is 0 Å². The number of carboxylic acids is 1. The highest BCUT2D eigenvalue weighted by molar-refractivity contribution is 5.66. The van der Waals surface area contributed by atoms with Gasteiger partial charge in [-0.15, -0.1) is 6.58 Å². The second-order valence-electron chi connectivity index (χ2n) is 4.93. The summed E-state index contributed by atoms with van der Waals surface area (Å²) in [5.41, 5.74) is 0. The Hall–Kier alpha value is -0.830. The van der Waals surface area contributed by atoms with Gasteiger partial charge >= 0.3 is 5.97 Å². The summed E-state index contributed by atoms with van der Waals surface area (Å²) in [6.45, 7) is 5.25. The molecule has 98 valence electrons. The molecule has 0 aromatic carbocycles. The zero-order valence-electron chi connectivity index (χ0n) is 10.7. The van der Waals surface area contributed by atoms with Gasteiger partial charge < -0.3 is 5.11 Å². The van der Waals surface area contributed by atoms with Gasteiger partial charge in [-0.05, 0) is 12.8 Å². The Morgan fingerprint density at radius 1 is 1.24 bits per heavy atom. The van der Waals surface area contributed by atoms with E-state index in [1.54, 1.807) is 0 Å². The van der Waals surface area contributed by atoms with E-state index in [0.717, 1.165) is 6.54 Å². The van der Waals surface area contributed by atoms with Gasteiger partial charge in [0.1, 0.15) is 0 Å². The fraction of sp³-hybridized carbons (Fsp3) is 0.786. The van der Waals surface area contributed by atoms with E-state index in [9.17, 15) is 4.79 Å². The van der Waals surface area contributed by atoms with E-state index in [2.05, 4.69) is 11.5 Å². The molecular formula is C14H25NO2. The maximum absolute atomic E-state index is 10.7. The molecule has 1 fully saturated rings. The number of aliphatic carboxylic acids is 1. The highest BCUT2D eigenvalue weighted by atomic mass is 16.4. The molecule has 0 aliphatic heterocycles. The minimum atomic E-state index is -0.704. The zero-order chi connectivity index (χ0) is 12.5. The zero-order valence-corrected chi connectivity index (χ0v) is 10.7. The van der Waals surface area contributed by atoms with Crippen molar-refractivity contribution in [3.63, 3.8) is 0 Å². The molecule has 0 atom stereocenters. The molecule has 1 saturated carbocycles. The van der Waals surface area contributed by atoms with Crippen LogP contribution in [0.5, 0.6) is 0 Å². The van der Waals surface area contributed by atoms with E-state index in [-0.39, 0.29) is 6.42 Å². The van der Waals surface area contributed by atoms with Crippen molar-refractivity contribution in [2.75, 3.05) is 13.1 Å². The standard InChI is InChI=1S/C14H25NO2/c1-2-11-15(12-10-14(16)17)13-8-6-4-3-5-7-9-13/h2,13H,1,3-12H2,(H,16,17). The molecule has 1 rings (SSSR count). The van der Waals surface area contributed by atoms with Gasteiger partial charge in [0.15, 0.2) is 0 Å². The molecular weight excluding hydrogens is 214 g/mol. The van der Waals surface area contributed by atoms with E-state index in [1.165, 1.54) is 44.9 Å². The van der Waals surface area contributed by atoms with Crippen LogP contribution in [-0.2, 0) is 4.79 Å². The lowest BCUT2D eigenvalue weighted by atomic mass is 9.95. The molecule has 0 amide bonds. The molecule has 0 aromatic rings. The molecule has 0 bridgehead atoms. The first-order valence-corrected chi connectivity index (χ1v) is 6.80. The predicted octanol–water partition coefficient (Wildman–Crippen LogP) is 3.06. The molecule has 0 aromatic heterocycles. The summed E-state index contributed by atoms with van der Waals surface area (Å²) in [7, 11) is 0. The number of rotatable bonds is 6. The van der Waals surface area contributed by atoms with Gasteiger partial charge in [0, 0.05) is 19.1 Å². The molecule has 17 heavy (non-hydrogen) atoms. The normalized spacial score (nSPS) is 18.6. The quantitative estimate of drug-likeness (QED) is 0.724. The minimum Gasteiger partial charge on any atom is -0.481 e. The number of hydrogen-bond acceptors (Lipinski definition) is 2. The van der Waals surface area contributed by atoms with Crippen molar-refractivity contribution in [3.8, 4) is 0 Å². The topological polar surface area (TPSA) is 40.5 Å². The maximum atomic E-state index is 10.7. The Balaban J connectivity index is 2.46. The van der Waals surface area contributed by atoms with Crippen molar-refractivity contribution < 1.29 is 9.90 Å². The second-order valence-corrected chi connectivity index (χ2v) is 4.93. The smallest absolute Gasteiger partial charge is 0.304 e. The monoisotopic (exact) mass is 239 g/mol. The van der Waals surface area contributed by atoms with Gasteiger partial charge in [0.05, 0.1) is 6.42 Å². The van der Waals surface area contributed by atoms with Gasteiger partial charge in [0.25, 0.3) is 0 Å². The minimum absolute atomic E-state index is 0.240. The molecule has 0 heterocycles. The van der Waals surface area contributed by atoms with Crippen molar-refractivity contribution in [3.05, 3.63) is 12.7 Å². The lowest BCUT2D eigenvalue weighted by Gasteiger charge is -2.31. The van der Waals surface area contributed by atoms with Crippen LogP contribution in [0.2, 0.25) is 0 Å². The highest BCUT2D eigenvalue weighted by Crippen LogP contribution is 2.21. The summed E-state index contributed by atoms with van der Waals surface area (Å²) >= 11 is 0. The largest absolute Gasteiger partial charge is 0.481 e. The van der Waals surface area contributed by atoms with Crippen molar-refractivity contribution >= 4 is 5.97 Å². The molecule has 1 N–H and O–H groups in total. The van der Waals surface area contributed by atoms with Crippen LogP contribution < -0.4 is 0 Å². The first-order chi connectivity index (χ1) is 8.24. The van der Waals surface area contributed by atoms with Crippen LogP contribution in [0.25, 0.3) is 0 Å². The molecule has 0 spiro atoms. The Bertz CT molecular complexity index is 232. The SMILES string of the molecule is C=CCN(CCC(=O)O)C1CCCCCCC1. The van der Waals surface area contributed by atoms with Crippen molar-refractivity contribution in [2.45, 2.75) is 57.4 Å². The van der Waals surface area contributed by atoms with Crippen molar-refractivity contribution in [1.82, 2.24) is 4.90 Å². The number of carbonyl (C=O) groups is 1. The summed E-state index contributed by atoms with van der Waals surface area (Å²) in [5, 5.41) is 8.78. The Morgan fingerprint density at radius 2 is 1.82 bits per heavy atom. The first-order valence-electron chi connectivity index (χ1n) is 6.80. The van der Waals surface area contributed by atoms with Crippen molar-refractivity contribution in [2.24, 2.45) is 0 Å². The van der Waals surface area contributed by atoms with E-state index >= 15 is 0 Å². The Kier molecular flexibility index (Phi) is 6.94. The van der Waals surface area contributed by atoms with Crippen LogP contribution in [0.1, 0.15) is 51.4 Å². The molecule has 1 aliphatic carbocycles. The average molecular weight is 239 g/mol. The third kappa shape index (κ3) is 5.87. The van der Waals surface area contributed by atoms with E-state index in [1.807, 2.05) is 6.08 Å². The fourth-order valence-corrected chi connectivity index (χ4v) is 2.63. The molecule has 0 radical (unpaired) electrons. The summed E-state index contributed by atoms with van der Waals surface area (Å²) in [4.78, 5) is 13.0. The first kappa shape index (κ1) is 14.2. The van der Waals surface area contributed by atoms with Gasteiger partial charge in [-0.3, -0.25) is 9.69 Å². The third-order valence-corrected chi connectivity index (χ3v) is 3.57. The Morgan fingerprint density at radius 3 is 2.35 bits per heavy atom. The summed E-state index contributed by atoms with van der Waals surface area (Å²) in [6.07, 6.45) is 11.2. The number of carboxylic acid groups (broad SMARTS) is 1. The van der Waals surface area contributed by atoms with Crippen LogP contribution >= 0.6 is 0 Å². The molecule has 3 heteroatoms. The van der Waals surface area contributed by atoms with Crippen LogP contribution in [-0.4, -0.2) is 35.1 Å². The number of nitrogens with zero attached hydrogens (tertiary/aromatic N) is 1. The van der Waals surface area contributed by atoms with Crippen LogP contribution in [0.3, 0.4) is 0 Å². The highest BCUT2D eigenvalue weighted by Gasteiger charge is 2.18.